The minimum atomic E-state index is -0.895. The van der Waals surface area contributed by atoms with Gasteiger partial charge in [-0.25, -0.2) is 9.59 Å². The highest BCUT2D eigenvalue weighted by Crippen LogP contribution is 2.15. The number of amides is 1. The molecule has 2 aromatic rings. The quantitative estimate of drug-likeness (QED) is 0.293. The second kappa shape index (κ2) is 11.0. The van der Waals surface area contributed by atoms with Crippen molar-refractivity contribution in [3.05, 3.63) is 52.0 Å². The van der Waals surface area contributed by atoms with Crippen LogP contribution in [0.25, 0.3) is 0 Å². The van der Waals surface area contributed by atoms with E-state index in [2.05, 4.69) is 19.0 Å². The Bertz CT molecular complexity index is 873. The van der Waals surface area contributed by atoms with Crippen molar-refractivity contribution < 1.29 is 43.1 Å². The number of ether oxygens (including phenoxy) is 2. The molecule has 0 radical (unpaired) electrons. The van der Waals surface area contributed by atoms with Crippen LogP contribution in [0.2, 0.25) is 0 Å². The Balaban J connectivity index is 1.71. The molecule has 1 amide bonds. The zero-order valence-electron chi connectivity index (χ0n) is 15.5. The molecule has 158 valence electrons. The number of aryl methyl sites for hydroxylation is 2. The fraction of sp³-hybridized carbons (Fsp3) is 0.353. The molecule has 29 heavy (non-hydrogen) atoms. The lowest BCUT2D eigenvalue weighted by atomic mass is 10.1. The average molecular weight is 412 g/mol. The molecule has 0 bridgehead atoms. The summed E-state index contributed by atoms with van der Waals surface area (Å²) in [6, 6.07) is 6.66. The SMILES string of the molecule is Cc1oc(=O)oc1COC(=O)CNC(=O)Oc1cccc(CCCON(O)O)c1. The van der Waals surface area contributed by atoms with Crippen molar-refractivity contribution in [2.45, 2.75) is 26.4 Å². The van der Waals surface area contributed by atoms with E-state index in [-0.39, 0.29) is 35.9 Å². The van der Waals surface area contributed by atoms with Crippen LogP contribution in [0.5, 0.6) is 5.75 Å². The summed E-state index contributed by atoms with van der Waals surface area (Å²) in [5, 5.41) is 18.7. The number of carbonyl (C=O) groups excluding carboxylic acids is 2. The lowest BCUT2D eigenvalue weighted by molar-refractivity contribution is -0.492. The second-order valence-corrected chi connectivity index (χ2v) is 5.67. The largest absolute Gasteiger partial charge is 0.519 e. The van der Waals surface area contributed by atoms with Crippen molar-refractivity contribution in [1.82, 2.24) is 10.7 Å². The minimum Gasteiger partial charge on any atom is -0.456 e. The van der Waals surface area contributed by atoms with Gasteiger partial charge in [-0.1, -0.05) is 12.1 Å². The molecule has 0 aliphatic heterocycles. The Labute approximate surface area is 164 Å². The predicted molar refractivity (Wildman–Crippen MR) is 91.9 cm³/mol. The fourth-order valence-electron chi connectivity index (χ4n) is 2.18. The molecule has 1 aromatic carbocycles. The standard InChI is InChI=1S/C17H20N2O10/c1-11-14(29-17(22)27-11)10-25-15(20)9-18-16(21)28-13-6-2-4-12(8-13)5-3-7-26-19(23)24/h2,4,6,8,23-24H,3,5,7,9-10H2,1H3,(H,18,21). The smallest absolute Gasteiger partial charge is 0.456 e. The van der Waals surface area contributed by atoms with E-state index in [9.17, 15) is 14.4 Å². The summed E-state index contributed by atoms with van der Waals surface area (Å²) in [6.45, 7) is 0.820. The van der Waals surface area contributed by atoms with E-state index in [0.717, 1.165) is 5.56 Å². The summed E-state index contributed by atoms with van der Waals surface area (Å²) >= 11 is 0. The highest BCUT2D eigenvalue weighted by molar-refractivity contribution is 5.78. The normalized spacial score (nSPS) is 10.8. The predicted octanol–water partition coefficient (Wildman–Crippen LogP) is 1.32. The molecule has 0 saturated carbocycles. The van der Waals surface area contributed by atoms with E-state index in [1.807, 2.05) is 0 Å². The summed E-state index contributed by atoms with van der Waals surface area (Å²) in [6.07, 6.45) is 0.183. The maximum atomic E-state index is 11.8. The van der Waals surface area contributed by atoms with Crippen LogP contribution in [-0.2, 0) is 27.4 Å². The summed E-state index contributed by atoms with van der Waals surface area (Å²) in [5.74, 6) is -1.11. The van der Waals surface area contributed by atoms with Gasteiger partial charge >= 0.3 is 17.9 Å². The maximum Gasteiger partial charge on any atom is 0.519 e. The van der Waals surface area contributed by atoms with Crippen LogP contribution in [-0.4, -0.2) is 41.0 Å². The van der Waals surface area contributed by atoms with Gasteiger partial charge in [-0.2, -0.15) is 0 Å². The number of esters is 1. The maximum absolute atomic E-state index is 11.8. The first-order valence-corrected chi connectivity index (χ1v) is 8.44. The zero-order valence-corrected chi connectivity index (χ0v) is 15.5. The third kappa shape index (κ3) is 8.15. The number of nitrogens with zero attached hydrogens (tertiary/aromatic N) is 1. The molecule has 12 nitrogen and oxygen atoms in total. The summed E-state index contributed by atoms with van der Waals surface area (Å²) in [7, 11) is 0. The number of carbonyl (C=O) groups is 2. The number of nitrogens with one attached hydrogen (secondary N) is 1. The van der Waals surface area contributed by atoms with E-state index in [0.29, 0.717) is 12.8 Å². The molecular weight excluding hydrogens is 392 g/mol. The third-order valence-electron chi connectivity index (χ3n) is 3.50. The molecule has 0 fully saturated rings. The van der Waals surface area contributed by atoms with Gasteiger partial charge in [0.2, 0.25) is 0 Å². The molecule has 1 aromatic heterocycles. The Hall–Kier alpha value is -3.19. The van der Waals surface area contributed by atoms with Crippen LogP contribution in [0, 0.1) is 6.92 Å². The van der Waals surface area contributed by atoms with Gasteiger partial charge in [0, 0.05) is 0 Å². The second-order valence-electron chi connectivity index (χ2n) is 5.67. The third-order valence-corrected chi connectivity index (χ3v) is 3.50. The van der Waals surface area contributed by atoms with E-state index in [1.54, 1.807) is 24.3 Å². The Kier molecular flexibility index (Phi) is 8.36. The summed E-state index contributed by atoms with van der Waals surface area (Å²) in [4.78, 5) is 38.8. The van der Waals surface area contributed by atoms with Gasteiger partial charge in [-0.3, -0.25) is 20.0 Å². The van der Waals surface area contributed by atoms with Crippen molar-refractivity contribution in [3.8, 4) is 5.75 Å². The van der Waals surface area contributed by atoms with Crippen molar-refractivity contribution >= 4 is 12.1 Å². The van der Waals surface area contributed by atoms with Crippen LogP contribution >= 0.6 is 0 Å². The van der Waals surface area contributed by atoms with Crippen molar-refractivity contribution in [2.75, 3.05) is 13.2 Å². The fourth-order valence-corrected chi connectivity index (χ4v) is 2.18. The van der Waals surface area contributed by atoms with Crippen LogP contribution in [0.4, 0.5) is 4.79 Å². The number of hydrogen-bond donors (Lipinski definition) is 3. The Morgan fingerprint density at radius 2 is 2.03 bits per heavy atom. The summed E-state index contributed by atoms with van der Waals surface area (Å²) in [5.41, 5.74) is 0.831. The van der Waals surface area contributed by atoms with Crippen molar-refractivity contribution in [3.63, 3.8) is 0 Å². The van der Waals surface area contributed by atoms with E-state index < -0.39 is 24.4 Å². The lowest BCUT2D eigenvalue weighted by Gasteiger charge is -2.09. The van der Waals surface area contributed by atoms with E-state index in [4.69, 9.17) is 19.9 Å². The minimum absolute atomic E-state index is 0.0822. The molecule has 1 heterocycles. The summed E-state index contributed by atoms with van der Waals surface area (Å²) < 4.78 is 19.3. The Morgan fingerprint density at radius 3 is 2.72 bits per heavy atom. The first kappa shape index (κ1) is 22.1. The topological polar surface area (TPSA) is 161 Å². The molecule has 0 saturated heterocycles. The molecule has 0 spiro atoms. The highest BCUT2D eigenvalue weighted by Gasteiger charge is 2.13. The van der Waals surface area contributed by atoms with Crippen LogP contribution in [0.3, 0.4) is 0 Å². The van der Waals surface area contributed by atoms with Gasteiger partial charge in [0.05, 0.1) is 12.0 Å². The van der Waals surface area contributed by atoms with Gasteiger partial charge in [-0.05, 0) is 37.5 Å². The van der Waals surface area contributed by atoms with Crippen LogP contribution in [0.1, 0.15) is 23.5 Å². The number of benzene rings is 1. The van der Waals surface area contributed by atoms with Gasteiger partial charge < -0.3 is 23.6 Å². The molecule has 3 N–H and O–H groups in total. The van der Waals surface area contributed by atoms with Crippen molar-refractivity contribution in [1.29, 1.82) is 0 Å². The Morgan fingerprint density at radius 1 is 1.24 bits per heavy atom. The molecule has 0 atom stereocenters. The van der Waals surface area contributed by atoms with Gasteiger partial charge in [0.25, 0.3) is 0 Å². The molecule has 0 aliphatic carbocycles. The molecule has 0 unspecified atom stereocenters. The lowest BCUT2D eigenvalue weighted by Crippen LogP contribution is -2.32. The first-order chi connectivity index (χ1) is 13.8. The molecule has 12 heteroatoms. The van der Waals surface area contributed by atoms with Crippen LogP contribution < -0.4 is 15.9 Å². The molecular formula is C17H20N2O10. The van der Waals surface area contributed by atoms with Gasteiger partial charge in [-0.15, -0.1) is 0 Å². The zero-order chi connectivity index (χ0) is 21.2. The number of hydrogen-bond acceptors (Lipinski definition) is 11. The highest BCUT2D eigenvalue weighted by atomic mass is 17.1. The van der Waals surface area contributed by atoms with Crippen molar-refractivity contribution in [2.24, 2.45) is 0 Å². The van der Waals surface area contributed by atoms with Gasteiger partial charge in [0.15, 0.2) is 18.1 Å². The van der Waals surface area contributed by atoms with E-state index >= 15 is 0 Å². The van der Waals surface area contributed by atoms with Gasteiger partial charge in [0.1, 0.15) is 12.3 Å². The first-order valence-electron chi connectivity index (χ1n) is 8.44. The monoisotopic (exact) mass is 412 g/mol. The molecule has 2 rings (SSSR count). The van der Waals surface area contributed by atoms with E-state index in [1.165, 1.54) is 6.92 Å². The van der Waals surface area contributed by atoms with Crippen LogP contribution in [0.15, 0.2) is 37.9 Å². The molecule has 0 aliphatic rings. The average Bonchev–Trinajstić information content (AvgIpc) is 2.99. The number of rotatable bonds is 10.